The van der Waals surface area contributed by atoms with Gasteiger partial charge in [-0.15, -0.1) is 0 Å². The van der Waals surface area contributed by atoms with Crippen LogP contribution in [-0.4, -0.2) is 26.2 Å². The fourth-order valence-electron chi connectivity index (χ4n) is 1.94. The fraction of sp³-hybridized carbons (Fsp3) is 0.571. The average molecular weight is 235 g/mol. The van der Waals surface area contributed by atoms with Gasteiger partial charge in [-0.3, -0.25) is 0 Å². The maximum atomic E-state index is 3.54. The first-order valence-electron chi connectivity index (χ1n) is 6.63. The molecule has 0 radical (unpaired) electrons. The summed E-state index contributed by atoms with van der Waals surface area (Å²) in [6, 6.07) is 9.03. The summed E-state index contributed by atoms with van der Waals surface area (Å²) in [5.41, 5.74) is 2.37. The van der Waals surface area contributed by atoms with Gasteiger partial charge in [-0.05, 0) is 43.7 Å². The van der Waals surface area contributed by atoms with Crippen molar-refractivity contribution in [3.8, 4) is 0 Å². The molecule has 1 aliphatic rings. The Morgan fingerprint density at radius 1 is 1.12 bits per heavy atom. The predicted molar refractivity (Wildman–Crippen MR) is 76.9 cm³/mol. The van der Waals surface area contributed by atoms with Crippen LogP contribution in [0.1, 0.15) is 26.7 Å². The van der Waals surface area contributed by atoms with Crippen molar-refractivity contribution in [2.75, 3.05) is 30.8 Å². The molecule has 0 aliphatic carbocycles. The lowest BCUT2D eigenvalue weighted by molar-refractivity contribution is 0.480. The highest BCUT2D eigenvalue weighted by Crippen LogP contribution is 2.15. The normalized spacial score (nSPS) is 18.9. The summed E-state index contributed by atoms with van der Waals surface area (Å²) in [7, 11) is 1.94. The summed E-state index contributed by atoms with van der Waals surface area (Å²) in [4.78, 5) is 0. The van der Waals surface area contributed by atoms with E-state index in [1.165, 1.54) is 18.5 Å². The highest BCUT2D eigenvalue weighted by molar-refractivity contribution is 5.53. The maximum Gasteiger partial charge on any atom is 0.0386 e. The largest absolute Gasteiger partial charge is 0.388 e. The van der Waals surface area contributed by atoms with Gasteiger partial charge in [0.1, 0.15) is 0 Å². The predicted octanol–water partition coefficient (Wildman–Crippen LogP) is 2.92. The number of hydrogen-bond acceptors (Lipinski definition) is 3. The number of hydrogen-bond donors (Lipinski definition) is 3. The fourth-order valence-corrected chi connectivity index (χ4v) is 1.94. The van der Waals surface area contributed by atoms with Crippen molar-refractivity contribution in [1.29, 1.82) is 0 Å². The van der Waals surface area contributed by atoms with Gasteiger partial charge in [0, 0.05) is 31.0 Å². The van der Waals surface area contributed by atoms with Crippen molar-refractivity contribution < 1.29 is 0 Å². The van der Waals surface area contributed by atoms with Crippen LogP contribution in [0, 0.1) is 0 Å². The second-order valence-electron chi connectivity index (χ2n) is 4.01. The molecule has 1 fully saturated rings. The van der Waals surface area contributed by atoms with Gasteiger partial charge in [0.25, 0.3) is 0 Å². The Labute approximate surface area is 105 Å². The van der Waals surface area contributed by atoms with Crippen molar-refractivity contribution >= 4 is 11.4 Å². The van der Waals surface area contributed by atoms with Crippen LogP contribution in [0.5, 0.6) is 0 Å². The second-order valence-corrected chi connectivity index (χ2v) is 4.01. The first-order valence-corrected chi connectivity index (χ1v) is 6.63. The van der Waals surface area contributed by atoms with Gasteiger partial charge in [0.2, 0.25) is 0 Å². The van der Waals surface area contributed by atoms with Crippen LogP contribution in [0.25, 0.3) is 0 Å². The van der Waals surface area contributed by atoms with E-state index in [1.807, 2.05) is 20.9 Å². The summed E-state index contributed by atoms with van der Waals surface area (Å²) < 4.78 is 0. The minimum absolute atomic E-state index is 0.583. The highest BCUT2D eigenvalue weighted by Gasteiger charge is 2.11. The highest BCUT2D eigenvalue weighted by atomic mass is 15.0. The monoisotopic (exact) mass is 235 g/mol. The van der Waals surface area contributed by atoms with E-state index in [1.54, 1.807) is 0 Å². The van der Waals surface area contributed by atoms with Crippen molar-refractivity contribution in [3.63, 3.8) is 0 Å². The van der Waals surface area contributed by atoms with Gasteiger partial charge in [-0.1, -0.05) is 13.8 Å². The lowest BCUT2D eigenvalue weighted by Gasteiger charge is -2.24. The van der Waals surface area contributed by atoms with E-state index >= 15 is 0 Å². The zero-order valence-corrected chi connectivity index (χ0v) is 11.2. The Bertz CT molecular complexity index is 289. The van der Waals surface area contributed by atoms with Crippen LogP contribution in [-0.2, 0) is 0 Å². The zero-order chi connectivity index (χ0) is 12.5. The van der Waals surface area contributed by atoms with E-state index in [0.29, 0.717) is 6.04 Å². The van der Waals surface area contributed by atoms with Crippen LogP contribution >= 0.6 is 0 Å². The molecule has 0 spiro atoms. The van der Waals surface area contributed by atoms with Gasteiger partial charge < -0.3 is 16.0 Å². The van der Waals surface area contributed by atoms with E-state index in [2.05, 4.69) is 40.2 Å². The summed E-state index contributed by atoms with van der Waals surface area (Å²) in [6.07, 6.45) is 2.53. The smallest absolute Gasteiger partial charge is 0.0386 e. The van der Waals surface area contributed by atoms with E-state index < -0.39 is 0 Å². The van der Waals surface area contributed by atoms with E-state index in [9.17, 15) is 0 Å². The second kappa shape index (κ2) is 7.96. The lowest BCUT2D eigenvalue weighted by Crippen LogP contribution is -2.38. The molecule has 0 aromatic heterocycles. The number of rotatable bonds is 3. The summed E-state index contributed by atoms with van der Waals surface area (Å²) in [5.74, 6) is 0. The third kappa shape index (κ3) is 4.65. The van der Waals surface area contributed by atoms with E-state index in [0.717, 1.165) is 18.8 Å². The van der Waals surface area contributed by atoms with Crippen molar-refractivity contribution in [2.24, 2.45) is 0 Å². The third-order valence-electron chi connectivity index (χ3n) is 2.84. The summed E-state index contributed by atoms with van der Waals surface area (Å²) >= 11 is 0. The Morgan fingerprint density at radius 3 is 2.29 bits per heavy atom. The zero-order valence-electron chi connectivity index (χ0n) is 11.2. The molecule has 1 unspecified atom stereocenters. The molecule has 0 saturated carbocycles. The van der Waals surface area contributed by atoms with Crippen LogP contribution in [0.2, 0.25) is 0 Å². The van der Waals surface area contributed by atoms with Gasteiger partial charge >= 0.3 is 0 Å². The maximum absolute atomic E-state index is 3.54. The average Bonchev–Trinajstić information content (AvgIpc) is 2.43. The molecule has 1 aromatic rings. The molecule has 2 rings (SSSR count). The molecular weight excluding hydrogens is 210 g/mol. The van der Waals surface area contributed by atoms with Crippen molar-refractivity contribution in [3.05, 3.63) is 24.3 Å². The molecule has 3 heteroatoms. The molecule has 1 heterocycles. The quantitative estimate of drug-likeness (QED) is 0.754. The van der Waals surface area contributed by atoms with Crippen LogP contribution < -0.4 is 16.0 Å². The molecule has 17 heavy (non-hydrogen) atoms. The number of benzene rings is 1. The van der Waals surface area contributed by atoms with E-state index in [-0.39, 0.29) is 0 Å². The Balaban J connectivity index is 0.000000686. The topological polar surface area (TPSA) is 36.1 Å². The molecule has 1 saturated heterocycles. The van der Waals surface area contributed by atoms with Crippen molar-refractivity contribution in [1.82, 2.24) is 5.32 Å². The van der Waals surface area contributed by atoms with E-state index in [4.69, 9.17) is 0 Å². The number of piperidine rings is 1. The lowest BCUT2D eigenvalue weighted by atomic mass is 10.1. The molecule has 3 nitrogen and oxygen atoms in total. The van der Waals surface area contributed by atoms with Crippen LogP contribution in [0.3, 0.4) is 0 Å². The molecule has 1 aromatic carbocycles. The molecular formula is C14H25N3. The van der Waals surface area contributed by atoms with Crippen LogP contribution in [0.15, 0.2) is 24.3 Å². The molecule has 1 aliphatic heterocycles. The first kappa shape index (κ1) is 13.8. The van der Waals surface area contributed by atoms with Crippen LogP contribution in [0.4, 0.5) is 11.4 Å². The number of anilines is 2. The molecule has 1 atom stereocenters. The van der Waals surface area contributed by atoms with Gasteiger partial charge in [-0.25, -0.2) is 0 Å². The minimum atomic E-state index is 0.583. The molecule has 0 bridgehead atoms. The Kier molecular flexibility index (Phi) is 6.48. The number of nitrogens with one attached hydrogen (secondary N) is 3. The summed E-state index contributed by atoms with van der Waals surface area (Å²) in [6.45, 7) is 6.24. The first-order chi connectivity index (χ1) is 8.38. The molecule has 3 N–H and O–H groups in total. The van der Waals surface area contributed by atoms with Gasteiger partial charge in [0.05, 0.1) is 0 Å². The van der Waals surface area contributed by atoms with Gasteiger partial charge in [0.15, 0.2) is 0 Å². The third-order valence-corrected chi connectivity index (χ3v) is 2.84. The summed E-state index contributed by atoms with van der Waals surface area (Å²) in [5, 5.41) is 10.1. The van der Waals surface area contributed by atoms with Gasteiger partial charge in [-0.2, -0.15) is 0 Å². The SMILES string of the molecule is CC.CNc1ccc(NC2CCCNC2)cc1. The minimum Gasteiger partial charge on any atom is -0.388 e. The molecule has 0 amide bonds. The van der Waals surface area contributed by atoms with Crippen molar-refractivity contribution in [2.45, 2.75) is 32.7 Å². The Morgan fingerprint density at radius 2 is 1.76 bits per heavy atom. The standard InChI is InChI=1S/C12H19N3.C2H6/c1-13-10-4-6-11(7-5-10)15-12-3-2-8-14-9-12;1-2/h4-7,12-15H,2-3,8-9H2,1H3;1-2H3. The molecule has 96 valence electrons. The Hall–Kier alpha value is -1.22.